The van der Waals surface area contributed by atoms with E-state index in [1.54, 1.807) is 0 Å². The molecule has 2 saturated carbocycles. The first-order valence-electron chi connectivity index (χ1n) is 6.62. The first-order valence-corrected chi connectivity index (χ1v) is 6.62. The highest BCUT2D eigenvalue weighted by atomic mass is 16.2. The molecule has 1 saturated heterocycles. The van der Waals surface area contributed by atoms with Crippen molar-refractivity contribution in [3.05, 3.63) is 0 Å². The Labute approximate surface area is 96.2 Å². The number of fused-ring (bicyclic) bond motifs is 1. The molecule has 2 amide bonds. The van der Waals surface area contributed by atoms with Gasteiger partial charge in [0.1, 0.15) is 0 Å². The molecule has 0 spiro atoms. The minimum absolute atomic E-state index is 0.0823. The van der Waals surface area contributed by atoms with Crippen LogP contribution in [-0.2, 0) is 9.59 Å². The van der Waals surface area contributed by atoms with Gasteiger partial charge in [0.05, 0.1) is 11.8 Å². The van der Waals surface area contributed by atoms with Gasteiger partial charge in [-0.2, -0.15) is 0 Å². The van der Waals surface area contributed by atoms with Crippen molar-refractivity contribution in [3.8, 4) is 0 Å². The van der Waals surface area contributed by atoms with Crippen molar-refractivity contribution in [1.82, 2.24) is 4.90 Å². The molecule has 1 aliphatic heterocycles. The summed E-state index contributed by atoms with van der Waals surface area (Å²) in [4.78, 5) is 25.0. The molecule has 3 heteroatoms. The number of hydrogen-bond acceptors (Lipinski definition) is 2. The Morgan fingerprint density at radius 1 is 1.00 bits per heavy atom. The number of nitrogens with zero attached hydrogens (tertiary/aromatic N) is 1. The van der Waals surface area contributed by atoms with Gasteiger partial charge in [0.15, 0.2) is 0 Å². The maximum Gasteiger partial charge on any atom is 0.233 e. The summed E-state index contributed by atoms with van der Waals surface area (Å²) in [5.41, 5.74) is 0. The Morgan fingerprint density at radius 3 is 2.25 bits per heavy atom. The fourth-order valence-electron chi connectivity index (χ4n) is 3.26. The minimum Gasteiger partial charge on any atom is -0.282 e. The average molecular weight is 221 g/mol. The predicted molar refractivity (Wildman–Crippen MR) is 59.5 cm³/mol. The molecule has 0 aromatic carbocycles. The van der Waals surface area contributed by atoms with Crippen LogP contribution in [-0.4, -0.2) is 23.3 Å². The SMILES string of the molecule is O=C1C2CC2C(=O)N1CCC1CCCCC1. The van der Waals surface area contributed by atoms with Gasteiger partial charge in [0, 0.05) is 6.54 Å². The van der Waals surface area contributed by atoms with Crippen LogP contribution >= 0.6 is 0 Å². The standard InChI is InChI=1S/C13H19NO2/c15-12-10-8-11(10)13(16)14(12)7-6-9-4-2-1-3-5-9/h9-11H,1-8H2. The molecule has 88 valence electrons. The molecule has 0 N–H and O–H groups in total. The zero-order valence-electron chi connectivity index (χ0n) is 9.65. The van der Waals surface area contributed by atoms with Gasteiger partial charge in [0.2, 0.25) is 11.8 Å². The number of carbonyl (C=O) groups excluding carboxylic acids is 2. The smallest absolute Gasteiger partial charge is 0.233 e. The quantitative estimate of drug-likeness (QED) is 0.683. The lowest BCUT2D eigenvalue weighted by Gasteiger charge is -2.24. The van der Waals surface area contributed by atoms with Crippen molar-refractivity contribution in [1.29, 1.82) is 0 Å². The van der Waals surface area contributed by atoms with E-state index < -0.39 is 0 Å². The highest BCUT2D eigenvalue weighted by Gasteiger charge is 2.58. The number of rotatable bonds is 3. The Bertz CT molecular complexity index is 300. The first-order chi connectivity index (χ1) is 7.77. The van der Waals surface area contributed by atoms with Crippen LogP contribution in [0.5, 0.6) is 0 Å². The van der Waals surface area contributed by atoms with E-state index >= 15 is 0 Å². The number of imide groups is 1. The summed E-state index contributed by atoms with van der Waals surface area (Å²) in [5.74, 6) is 1.15. The van der Waals surface area contributed by atoms with Gasteiger partial charge in [-0.1, -0.05) is 32.1 Å². The van der Waals surface area contributed by atoms with Crippen molar-refractivity contribution in [3.63, 3.8) is 0 Å². The molecule has 16 heavy (non-hydrogen) atoms. The van der Waals surface area contributed by atoms with Gasteiger partial charge in [-0.15, -0.1) is 0 Å². The Hall–Kier alpha value is -0.860. The van der Waals surface area contributed by atoms with Gasteiger partial charge in [-0.3, -0.25) is 14.5 Å². The summed E-state index contributed by atoms with van der Waals surface area (Å²) in [5, 5.41) is 0. The van der Waals surface area contributed by atoms with Crippen molar-refractivity contribution in [2.45, 2.75) is 44.9 Å². The lowest BCUT2D eigenvalue weighted by atomic mass is 9.87. The van der Waals surface area contributed by atoms with E-state index in [1.165, 1.54) is 37.0 Å². The largest absolute Gasteiger partial charge is 0.282 e. The lowest BCUT2D eigenvalue weighted by Crippen LogP contribution is -2.34. The molecule has 1 heterocycles. The number of carbonyl (C=O) groups is 2. The number of likely N-dealkylation sites (tertiary alicyclic amines) is 1. The van der Waals surface area contributed by atoms with Crippen LogP contribution in [0.3, 0.4) is 0 Å². The van der Waals surface area contributed by atoms with Crippen molar-refractivity contribution >= 4 is 11.8 Å². The third-order valence-corrected chi connectivity index (χ3v) is 4.44. The van der Waals surface area contributed by atoms with E-state index in [1.807, 2.05) is 0 Å². The summed E-state index contributed by atoms with van der Waals surface area (Å²) >= 11 is 0. The van der Waals surface area contributed by atoms with E-state index in [9.17, 15) is 9.59 Å². The molecule has 3 nitrogen and oxygen atoms in total. The highest BCUT2D eigenvalue weighted by molar-refractivity contribution is 6.08. The number of piperidine rings is 1. The van der Waals surface area contributed by atoms with Gasteiger partial charge in [0.25, 0.3) is 0 Å². The zero-order valence-corrected chi connectivity index (χ0v) is 9.65. The highest BCUT2D eigenvalue weighted by Crippen LogP contribution is 2.47. The van der Waals surface area contributed by atoms with E-state index in [-0.39, 0.29) is 23.7 Å². The van der Waals surface area contributed by atoms with Crippen LogP contribution in [0.4, 0.5) is 0 Å². The van der Waals surface area contributed by atoms with E-state index in [0.717, 1.165) is 18.8 Å². The fourth-order valence-corrected chi connectivity index (χ4v) is 3.26. The number of hydrogen-bond donors (Lipinski definition) is 0. The second-order valence-electron chi connectivity index (χ2n) is 5.57. The Kier molecular flexibility index (Phi) is 2.49. The van der Waals surface area contributed by atoms with Gasteiger partial charge < -0.3 is 0 Å². The summed E-state index contributed by atoms with van der Waals surface area (Å²) in [6.45, 7) is 0.690. The molecular formula is C13H19NO2. The first kappa shape index (κ1) is 10.3. The van der Waals surface area contributed by atoms with E-state index in [4.69, 9.17) is 0 Å². The van der Waals surface area contributed by atoms with Gasteiger partial charge >= 0.3 is 0 Å². The molecule has 0 radical (unpaired) electrons. The monoisotopic (exact) mass is 221 g/mol. The van der Waals surface area contributed by atoms with Crippen LogP contribution in [0.15, 0.2) is 0 Å². The molecule has 2 aliphatic carbocycles. The topological polar surface area (TPSA) is 37.4 Å². The van der Waals surface area contributed by atoms with Gasteiger partial charge in [-0.05, 0) is 18.8 Å². The molecule has 0 aromatic heterocycles. The van der Waals surface area contributed by atoms with Gasteiger partial charge in [-0.25, -0.2) is 0 Å². The van der Waals surface area contributed by atoms with Crippen LogP contribution in [0.2, 0.25) is 0 Å². The number of amides is 2. The normalized spacial score (nSPS) is 34.4. The molecule has 2 atom stereocenters. The fraction of sp³-hybridized carbons (Fsp3) is 0.846. The minimum atomic E-state index is 0.0823. The molecule has 0 bridgehead atoms. The van der Waals surface area contributed by atoms with Crippen molar-refractivity contribution in [2.75, 3.05) is 6.54 Å². The molecule has 3 fully saturated rings. The molecule has 3 aliphatic rings. The predicted octanol–water partition coefficient (Wildman–Crippen LogP) is 1.96. The summed E-state index contributed by atoms with van der Waals surface area (Å²) in [6, 6.07) is 0. The molecule has 3 rings (SSSR count). The van der Waals surface area contributed by atoms with E-state index in [0.29, 0.717) is 6.54 Å². The van der Waals surface area contributed by atoms with Crippen molar-refractivity contribution < 1.29 is 9.59 Å². The summed E-state index contributed by atoms with van der Waals surface area (Å²) in [7, 11) is 0. The summed E-state index contributed by atoms with van der Waals surface area (Å²) < 4.78 is 0. The lowest BCUT2D eigenvalue weighted by molar-refractivity contribution is -0.141. The second kappa shape index (κ2) is 3.86. The van der Waals surface area contributed by atoms with E-state index in [2.05, 4.69) is 0 Å². The molecule has 0 aromatic rings. The average Bonchev–Trinajstić information content (AvgIpc) is 3.05. The summed E-state index contributed by atoms with van der Waals surface area (Å²) in [6.07, 6.45) is 8.48. The maximum absolute atomic E-state index is 11.7. The van der Waals surface area contributed by atoms with Crippen LogP contribution in [0.1, 0.15) is 44.9 Å². The molecular weight excluding hydrogens is 202 g/mol. The Balaban J connectivity index is 1.51. The van der Waals surface area contributed by atoms with Crippen molar-refractivity contribution in [2.24, 2.45) is 17.8 Å². The third kappa shape index (κ3) is 1.66. The zero-order chi connectivity index (χ0) is 11.1. The maximum atomic E-state index is 11.7. The second-order valence-corrected chi connectivity index (χ2v) is 5.57. The Morgan fingerprint density at radius 2 is 1.62 bits per heavy atom. The van der Waals surface area contributed by atoms with Crippen LogP contribution in [0, 0.1) is 17.8 Å². The van der Waals surface area contributed by atoms with Crippen LogP contribution < -0.4 is 0 Å². The third-order valence-electron chi connectivity index (χ3n) is 4.44. The molecule has 2 unspecified atom stereocenters. The van der Waals surface area contributed by atoms with Crippen LogP contribution in [0.25, 0.3) is 0 Å².